The van der Waals surface area contributed by atoms with Gasteiger partial charge in [-0.2, -0.15) is 0 Å². The van der Waals surface area contributed by atoms with E-state index in [1.54, 1.807) is 0 Å². The minimum Gasteiger partial charge on any atom is -0.480 e. The van der Waals surface area contributed by atoms with Gasteiger partial charge >= 0.3 is 5.97 Å². The average molecular weight is 216 g/mol. The van der Waals surface area contributed by atoms with Crippen LogP contribution in [-0.2, 0) is 11.3 Å². The largest absolute Gasteiger partial charge is 0.480 e. The Kier molecular flexibility index (Phi) is 5.92. The lowest BCUT2D eigenvalue weighted by Crippen LogP contribution is -2.22. The molecule has 0 radical (unpaired) electrons. The Bertz CT molecular complexity index is 302. The van der Waals surface area contributed by atoms with Gasteiger partial charge in [0.05, 0.1) is 6.54 Å². The molecule has 4 heteroatoms. The molecule has 14 heavy (non-hydrogen) atoms. The number of carbonyl (C=O) groups is 1. The van der Waals surface area contributed by atoms with E-state index in [9.17, 15) is 4.79 Å². The van der Waals surface area contributed by atoms with Crippen molar-refractivity contribution in [1.82, 2.24) is 5.32 Å². The van der Waals surface area contributed by atoms with Crippen LogP contribution in [0.5, 0.6) is 0 Å². The monoisotopic (exact) mass is 215 g/mol. The molecule has 0 aliphatic carbocycles. The molecule has 0 bridgehead atoms. The highest BCUT2D eigenvalue weighted by Crippen LogP contribution is 2.05. The summed E-state index contributed by atoms with van der Waals surface area (Å²) in [6.45, 7) is 2.63. The van der Waals surface area contributed by atoms with E-state index >= 15 is 0 Å². The van der Waals surface area contributed by atoms with E-state index in [4.69, 9.17) is 5.11 Å². The topological polar surface area (TPSA) is 49.3 Å². The van der Waals surface area contributed by atoms with Gasteiger partial charge in [0.2, 0.25) is 0 Å². The first kappa shape index (κ1) is 12.9. The van der Waals surface area contributed by atoms with Gasteiger partial charge in [-0.1, -0.05) is 24.3 Å². The third-order valence-corrected chi connectivity index (χ3v) is 1.85. The Morgan fingerprint density at radius 2 is 2.07 bits per heavy atom. The van der Waals surface area contributed by atoms with Crippen LogP contribution in [0, 0.1) is 6.92 Å². The van der Waals surface area contributed by atoms with Crippen LogP contribution in [0.1, 0.15) is 11.1 Å². The van der Waals surface area contributed by atoms with E-state index < -0.39 is 5.97 Å². The lowest BCUT2D eigenvalue weighted by Gasteiger charge is -2.04. The summed E-state index contributed by atoms with van der Waals surface area (Å²) in [5, 5.41) is 11.2. The van der Waals surface area contributed by atoms with Gasteiger partial charge in [0.15, 0.2) is 0 Å². The van der Waals surface area contributed by atoms with Gasteiger partial charge in [-0.15, -0.1) is 12.4 Å². The molecule has 0 spiro atoms. The molecule has 2 N–H and O–H groups in total. The van der Waals surface area contributed by atoms with E-state index in [0.29, 0.717) is 6.54 Å². The first-order valence-corrected chi connectivity index (χ1v) is 4.17. The van der Waals surface area contributed by atoms with Gasteiger partial charge in [0, 0.05) is 6.54 Å². The molecule has 0 unspecified atom stereocenters. The van der Waals surface area contributed by atoms with Crippen molar-refractivity contribution in [3.63, 3.8) is 0 Å². The Balaban J connectivity index is 0.00000169. The maximum atomic E-state index is 10.2. The lowest BCUT2D eigenvalue weighted by molar-refractivity contribution is -0.135. The number of hydrogen-bond acceptors (Lipinski definition) is 2. The van der Waals surface area contributed by atoms with Gasteiger partial charge < -0.3 is 10.4 Å². The highest BCUT2D eigenvalue weighted by Gasteiger charge is 1.98. The van der Waals surface area contributed by atoms with Crippen LogP contribution in [0.4, 0.5) is 0 Å². The minimum absolute atomic E-state index is 0. The van der Waals surface area contributed by atoms with Gasteiger partial charge in [-0.25, -0.2) is 0 Å². The first-order valence-electron chi connectivity index (χ1n) is 4.17. The van der Waals surface area contributed by atoms with E-state index in [-0.39, 0.29) is 19.0 Å². The smallest absolute Gasteiger partial charge is 0.317 e. The van der Waals surface area contributed by atoms with Crippen molar-refractivity contribution in [2.24, 2.45) is 0 Å². The highest BCUT2D eigenvalue weighted by atomic mass is 35.5. The molecule has 0 atom stereocenters. The molecule has 0 saturated heterocycles. The van der Waals surface area contributed by atoms with E-state index in [0.717, 1.165) is 5.56 Å². The quantitative estimate of drug-likeness (QED) is 0.802. The molecule has 1 aromatic carbocycles. The zero-order valence-electron chi connectivity index (χ0n) is 7.99. The normalized spacial score (nSPS) is 9.21. The SMILES string of the molecule is Cc1ccccc1CNCC(=O)O.Cl. The molecular weight excluding hydrogens is 202 g/mol. The fraction of sp³-hybridized carbons (Fsp3) is 0.300. The van der Waals surface area contributed by atoms with E-state index in [2.05, 4.69) is 5.32 Å². The molecule has 0 aliphatic rings. The van der Waals surface area contributed by atoms with Crippen molar-refractivity contribution in [3.8, 4) is 0 Å². The van der Waals surface area contributed by atoms with Crippen molar-refractivity contribution in [3.05, 3.63) is 35.4 Å². The number of carboxylic acid groups (broad SMARTS) is 1. The molecule has 0 heterocycles. The third-order valence-electron chi connectivity index (χ3n) is 1.85. The third kappa shape index (κ3) is 4.25. The van der Waals surface area contributed by atoms with Crippen molar-refractivity contribution < 1.29 is 9.90 Å². The van der Waals surface area contributed by atoms with Crippen LogP contribution < -0.4 is 5.32 Å². The Morgan fingerprint density at radius 1 is 1.43 bits per heavy atom. The molecular formula is C10H14ClNO2. The number of nitrogens with one attached hydrogen (secondary N) is 1. The van der Waals surface area contributed by atoms with Crippen LogP contribution in [0.3, 0.4) is 0 Å². The van der Waals surface area contributed by atoms with Crippen molar-refractivity contribution in [2.45, 2.75) is 13.5 Å². The van der Waals surface area contributed by atoms with Gasteiger partial charge in [0.25, 0.3) is 0 Å². The number of aryl methyl sites for hydroxylation is 1. The molecule has 3 nitrogen and oxygen atoms in total. The second-order valence-corrected chi connectivity index (χ2v) is 2.92. The van der Waals surface area contributed by atoms with Crippen molar-refractivity contribution in [2.75, 3.05) is 6.54 Å². The standard InChI is InChI=1S/C10H13NO2.ClH/c1-8-4-2-3-5-9(8)6-11-7-10(12)13;/h2-5,11H,6-7H2,1H3,(H,12,13);1H. The van der Waals surface area contributed by atoms with Crippen molar-refractivity contribution >= 4 is 18.4 Å². The zero-order chi connectivity index (χ0) is 9.68. The Hall–Kier alpha value is -1.06. The highest BCUT2D eigenvalue weighted by molar-refractivity contribution is 5.85. The van der Waals surface area contributed by atoms with E-state index in [1.165, 1.54) is 5.56 Å². The fourth-order valence-electron chi connectivity index (χ4n) is 1.11. The Labute approximate surface area is 89.5 Å². The molecule has 0 aliphatic heterocycles. The summed E-state index contributed by atoms with van der Waals surface area (Å²) >= 11 is 0. The Morgan fingerprint density at radius 3 is 2.64 bits per heavy atom. The second-order valence-electron chi connectivity index (χ2n) is 2.92. The molecule has 0 fully saturated rings. The molecule has 0 amide bonds. The van der Waals surface area contributed by atoms with Crippen LogP contribution in [0.15, 0.2) is 24.3 Å². The second kappa shape index (κ2) is 6.40. The summed E-state index contributed by atoms with van der Waals surface area (Å²) in [5.41, 5.74) is 2.32. The van der Waals surface area contributed by atoms with Crippen molar-refractivity contribution in [1.29, 1.82) is 0 Å². The summed E-state index contributed by atoms with van der Waals surface area (Å²) in [5.74, 6) is -0.825. The zero-order valence-corrected chi connectivity index (χ0v) is 8.80. The summed E-state index contributed by atoms with van der Waals surface area (Å²) in [4.78, 5) is 10.2. The average Bonchev–Trinajstić information content (AvgIpc) is 2.08. The predicted octanol–water partition coefficient (Wildman–Crippen LogP) is 1.59. The molecule has 78 valence electrons. The summed E-state index contributed by atoms with van der Waals surface area (Å²) in [6, 6.07) is 7.92. The van der Waals surface area contributed by atoms with E-state index in [1.807, 2.05) is 31.2 Å². The summed E-state index contributed by atoms with van der Waals surface area (Å²) < 4.78 is 0. The van der Waals surface area contributed by atoms with Gasteiger partial charge in [0.1, 0.15) is 0 Å². The number of carboxylic acids is 1. The van der Waals surface area contributed by atoms with Crippen LogP contribution in [-0.4, -0.2) is 17.6 Å². The maximum Gasteiger partial charge on any atom is 0.317 e. The summed E-state index contributed by atoms with van der Waals surface area (Å²) in [7, 11) is 0. The van der Waals surface area contributed by atoms with Crippen LogP contribution >= 0.6 is 12.4 Å². The first-order chi connectivity index (χ1) is 6.20. The predicted molar refractivity (Wildman–Crippen MR) is 57.8 cm³/mol. The number of benzene rings is 1. The van der Waals surface area contributed by atoms with Gasteiger partial charge in [-0.3, -0.25) is 4.79 Å². The molecule has 1 aromatic rings. The van der Waals surface area contributed by atoms with Crippen LogP contribution in [0.2, 0.25) is 0 Å². The van der Waals surface area contributed by atoms with Gasteiger partial charge in [-0.05, 0) is 18.1 Å². The fourth-order valence-corrected chi connectivity index (χ4v) is 1.11. The molecule has 0 aromatic heterocycles. The molecule has 0 saturated carbocycles. The number of aliphatic carboxylic acids is 1. The summed E-state index contributed by atoms with van der Waals surface area (Å²) in [6.07, 6.45) is 0. The van der Waals surface area contributed by atoms with Crippen LogP contribution in [0.25, 0.3) is 0 Å². The maximum absolute atomic E-state index is 10.2. The minimum atomic E-state index is -0.825. The lowest BCUT2D eigenvalue weighted by atomic mass is 10.1. The number of hydrogen-bond donors (Lipinski definition) is 2. The number of halogens is 1. The molecule has 1 rings (SSSR count). The number of rotatable bonds is 4.